The summed E-state index contributed by atoms with van der Waals surface area (Å²) in [5.74, 6) is 1.51. The van der Waals surface area contributed by atoms with Crippen LogP contribution in [-0.4, -0.2) is 9.97 Å². The van der Waals surface area contributed by atoms with Gasteiger partial charge < -0.3 is 5.32 Å². The number of hydrogen-bond acceptors (Lipinski definition) is 3. The maximum Gasteiger partial charge on any atom is 0.138 e. The Kier molecular flexibility index (Phi) is 3.76. The molecular formula is C17H16ClN3. The standard InChI is InChI=1S/C17H16ClN3/c1-3-15-20-16(18)11(2)17(21-15)19-14-10-6-8-12-7-4-5-9-13(12)14/h4-10H,3H2,1-2H3,(H,19,20,21). The number of benzene rings is 2. The Morgan fingerprint density at radius 2 is 1.81 bits per heavy atom. The molecule has 4 heteroatoms. The van der Waals surface area contributed by atoms with Crippen molar-refractivity contribution in [1.29, 1.82) is 0 Å². The van der Waals surface area contributed by atoms with Crippen LogP contribution in [0.2, 0.25) is 5.15 Å². The van der Waals surface area contributed by atoms with Crippen LogP contribution in [0, 0.1) is 6.92 Å². The number of halogens is 1. The Balaban J connectivity index is 2.09. The van der Waals surface area contributed by atoms with Crippen LogP contribution >= 0.6 is 11.6 Å². The molecule has 1 heterocycles. The number of aryl methyl sites for hydroxylation is 1. The molecule has 0 fully saturated rings. The lowest BCUT2D eigenvalue weighted by atomic mass is 10.1. The van der Waals surface area contributed by atoms with Gasteiger partial charge in [-0.25, -0.2) is 9.97 Å². The Hall–Kier alpha value is -2.13. The number of nitrogens with one attached hydrogen (secondary N) is 1. The fraction of sp³-hybridized carbons (Fsp3) is 0.176. The molecule has 0 amide bonds. The van der Waals surface area contributed by atoms with E-state index in [1.54, 1.807) is 0 Å². The normalized spacial score (nSPS) is 10.8. The lowest BCUT2D eigenvalue weighted by Gasteiger charge is -2.13. The smallest absolute Gasteiger partial charge is 0.138 e. The maximum atomic E-state index is 6.19. The molecule has 0 atom stereocenters. The molecule has 0 unspecified atom stereocenters. The zero-order valence-corrected chi connectivity index (χ0v) is 12.8. The number of aromatic nitrogens is 2. The average molecular weight is 298 g/mol. The van der Waals surface area contributed by atoms with Gasteiger partial charge in [0.1, 0.15) is 16.8 Å². The first kappa shape index (κ1) is 13.8. The highest BCUT2D eigenvalue weighted by Crippen LogP contribution is 2.28. The summed E-state index contributed by atoms with van der Waals surface area (Å²) in [5.41, 5.74) is 1.88. The number of rotatable bonds is 3. The van der Waals surface area contributed by atoms with Gasteiger partial charge in [0.25, 0.3) is 0 Å². The predicted molar refractivity (Wildman–Crippen MR) is 88.4 cm³/mol. The molecule has 0 spiro atoms. The van der Waals surface area contributed by atoms with Gasteiger partial charge in [0.05, 0.1) is 0 Å². The lowest BCUT2D eigenvalue weighted by Crippen LogP contribution is -2.03. The predicted octanol–water partition coefficient (Wildman–Crippen LogP) is 4.90. The second-order valence-corrected chi connectivity index (χ2v) is 5.27. The van der Waals surface area contributed by atoms with E-state index in [4.69, 9.17) is 11.6 Å². The Bertz CT molecular complexity index is 794. The largest absolute Gasteiger partial charge is 0.339 e. The molecule has 106 valence electrons. The summed E-state index contributed by atoms with van der Waals surface area (Å²) in [5, 5.41) is 6.25. The summed E-state index contributed by atoms with van der Waals surface area (Å²) in [4.78, 5) is 8.82. The van der Waals surface area contributed by atoms with Crippen LogP contribution < -0.4 is 5.32 Å². The molecule has 3 aromatic rings. The molecule has 0 bridgehead atoms. The van der Waals surface area contributed by atoms with Gasteiger partial charge in [0, 0.05) is 23.1 Å². The zero-order valence-electron chi connectivity index (χ0n) is 12.0. The SMILES string of the molecule is CCc1nc(Cl)c(C)c(Nc2cccc3ccccc23)n1. The third-order valence-electron chi connectivity index (χ3n) is 3.49. The van der Waals surface area contributed by atoms with E-state index >= 15 is 0 Å². The molecular weight excluding hydrogens is 282 g/mol. The van der Waals surface area contributed by atoms with E-state index in [0.717, 1.165) is 34.7 Å². The van der Waals surface area contributed by atoms with Gasteiger partial charge in [-0.1, -0.05) is 54.9 Å². The molecule has 0 saturated heterocycles. The van der Waals surface area contributed by atoms with E-state index in [1.165, 1.54) is 5.39 Å². The maximum absolute atomic E-state index is 6.19. The third-order valence-corrected chi connectivity index (χ3v) is 3.86. The molecule has 2 aromatic carbocycles. The summed E-state index contributed by atoms with van der Waals surface area (Å²) in [7, 11) is 0. The first-order valence-corrected chi connectivity index (χ1v) is 7.34. The molecule has 0 aliphatic rings. The van der Waals surface area contributed by atoms with Crippen LogP contribution in [0.3, 0.4) is 0 Å². The first-order chi connectivity index (χ1) is 10.2. The second-order valence-electron chi connectivity index (χ2n) is 4.91. The fourth-order valence-electron chi connectivity index (χ4n) is 2.27. The van der Waals surface area contributed by atoms with Crippen LogP contribution in [0.25, 0.3) is 10.8 Å². The summed E-state index contributed by atoms with van der Waals surface area (Å²) in [6, 6.07) is 14.4. The molecule has 0 aliphatic carbocycles. The number of nitrogens with zero attached hydrogens (tertiary/aromatic N) is 2. The van der Waals surface area contributed by atoms with Gasteiger partial charge in [0.15, 0.2) is 0 Å². The number of anilines is 2. The topological polar surface area (TPSA) is 37.8 Å². The fourth-order valence-corrected chi connectivity index (χ4v) is 2.46. The van der Waals surface area contributed by atoms with Crippen LogP contribution in [0.1, 0.15) is 18.3 Å². The first-order valence-electron chi connectivity index (χ1n) is 6.97. The van der Waals surface area contributed by atoms with Crippen molar-refractivity contribution < 1.29 is 0 Å². The molecule has 3 rings (SSSR count). The summed E-state index contributed by atoms with van der Waals surface area (Å²) in [6.45, 7) is 3.94. The number of fused-ring (bicyclic) bond motifs is 1. The quantitative estimate of drug-likeness (QED) is 0.699. The minimum Gasteiger partial charge on any atom is -0.339 e. The highest BCUT2D eigenvalue weighted by molar-refractivity contribution is 6.30. The van der Waals surface area contributed by atoms with E-state index in [-0.39, 0.29) is 0 Å². The minimum absolute atomic E-state index is 0.504. The van der Waals surface area contributed by atoms with E-state index in [0.29, 0.717) is 5.15 Å². The van der Waals surface area contributed by atoms with E-state index in [2.05, 4.69) is 33.5 Å². The lowest BCUT2D eigenvalue weighted by molar-refractivity contribution is 0.934. The molecule has 0 aliphatic heterocycles. The van der Waals surface area contributed by atoms with Crippen molar-refractivity contribution in [1.82, 2.24) is 9.97 Å². The van der Waals surface area contributed by atoms with Crippen LogP contribution in [0.4, 0.5) is 11.5 Å². The van der Waals surface area contributed by atoms with Gasteiger partial charge in [-0.2, -0.15) is 0 Å². The summed E-state index contributed by atoms with van der Waals surface area (Å²) in [6.07, 6.45) is 0.754. The zero-order chi connectivity index (χ0) is 14.8. The van der Waals surface area contributed by atoms with E-state index < -0.39 is 0 Å². The van der Waals surface area contributed by atoms with Crippen molar-refractivity contribution >= 4 is 33.9 Å². The number of hydrogen-bond donors (Lipinski definition) is 1. The van der Waals surface area contributed by atoms with Gasteiger partial charge in [0.2, 0.25) is 0 Å². The summed E-state index contributed by atoms with van der Waals surface area (Å²) < 4.78 is 0. The van der Waals surface area contributed by atoms with Gasteiger partial charge >= 0.3 is 0 Å². The van der Waals surface area contributed by atoms with Crippen LogP contribution in [0.5, 0.6) is 0 Å². The van der Waals surface area contributed by atoms with E-state index in [9.17, 15) is 0 Å². The van der Waals surface area contributed by atoms with Crippen molar-refractivity contribution in [3.8, 4) is 0 Å². The monoisotopic (exact) mass is 297 g/mol. The second kappa shape index (κ2) is 5.70. The highest BCUT2D eigenvalue weighted by Gasteiger charge is 2.10. The Morgan fingerprint density at radius 1 is 1.05 bits per heavy atom. The van der Waals surface area contributed by atoms with Crippen LogP contribution in [-0.2, 0) is 6.42 Å². The molecule has 0 saturated carbocycles. The molecule has 1 aromatic heterocycles. The van der Waals surface area contributed by atoms with Crippen molar-refractivity contribution in [3.05, 3.63) is 59.0 Å². The molecule has 0 radical (unpaired) electrons. The minimum atomic E-state index is 0.504. The van der Waals surface area contributed by atoms with Crippen LogP contribution in [0.15, 0.2) is 42.5 Å². The van der Waals surface area contributed by atoms with E-state index in [1.807, 2.05) is 38.1 Å². The average Bonchev–Trinajstić information content (AvgIpc) is 2.52. The van der Waals surface area contributed by atoms with Crippen molar-refractivity contribution in [2.45, 2.75) is 20.3 Å². The third kappa shape index (κ3) is 2.69. The molecule has 3 nitrogen and oxygen atoms in total. The van der Waals surface area contributed by atoms with Crippen molar-refractivity contribution in [3.63, 3.8) is 0 Å². The van der Waals surface area contributed by atoms with Gasteiger partial charge in [-0.3, -0.25) is 0 Å². The summed E-state index contributed by atoms with van der Waals surface area (Å²) >= 11 is 6.19. The van der Waals surface area contributed by atoms with Gasteiger partial charge in [-0.15, -0.1) is 0 Å². The van der Waals surface area contributed by atoms with Crippen molar-refractivity contribution in [2.75, 3.05) is 5.32 Å². The highest BCUT2D eigenvalue weighted by atomic mass is 35.5. The Labute approximate surface area is 129 Å². The molecule has 21 heavy (non-hydrogen) atoms. The van der Waals surface area contributed by atoms with Crippen molar-refractivity contribution in [2.24, 2.45) is 0 Å². The van der Waals surface area contributed by atoms with Gasteiger partial charge in [-0.05, 0) is 18.4 Å². The molecule has 1 N–H and O–H groups in total. The Morgan fingerprint density at radius 3 is 2.62 bits per heavy atom.